The lowest BCUT2D eigenvalue weighted by Gasteiger charge is -2.12. The van der Waals surface area contributed by atoms with E-state index in [0.717, 1.165) is 18.2 Å². The Bertz CT molecular complexity index is 522. The number of halogens is 3. The number of benzene rings is 2. The van der Waals surface area contributed by atoms with E-state index >= 15 is 0 Å². The minimum absolute atomic E-state index is 0.157. The molecular weight excluding hydrogens is 246 g/mol. The van der Waals surface area contributed by atoms with E-state index in [0.29, 0.717) is 10.6 Å². The van der Waals surface area contributed by atoms with Crippen molar-refractivity contribution in [2.45, 2.75) is 6.10 Å². The summed E-state index contributed by atoms with van der Waals surface area (Å²) in [4.78, 5) is 0. The van der Waals surface area contributed by atoms with Gasteiger partial charge in [0.1, 0.15) is 17.7 Å². The second-order valence-electron chi connectivity index (χ2n) is 3.66. The normalized spacial score (nSPS) is 12.5. The molecule has 0 unspecified atom stereocenters. The number of aliphatic hydroxyl groups is 1. The first-order valence-electron chi connectivity index (χ1n) is 4.96. The molecule has 4 heteroatoms. The highest BCUT2D eigenvalue weighted by atomic mass is 35.5. The fourth-order valence-corrected chi connectivity index (χ4v) is 1.80. The van der Waals surface area contributed by atoms with Gasteiger partial charge in [0, 0.05) is 11.1 Å². The molecule has 0 aromatic heterocycles. The maximum atomic E-state index is 13.0. The average molecular weight is 255 g/mol. The van der Waals surface area contributed by atoms with Crippen LogP contribution in [0.4, 0.5) is 8.78 Å². The highest BCUT2D eigenvalue weighted by molar-refractivity contribution is 6.30. The van der Waals surface area contributed by atoms with Crippen molar-refractivity contribution in [3.05, 3.63) is 70.2 Å². The molecule has 0 aliphatic rings. The summed E-state index contributed by atoms with van der Waals surface area (Å²) in [5, 5.41) is 10.4. The Morgan fingerprint density at radius 2 is 1.59 bits per heavy atom. The number of hydrogen-bond acceptors (Lipinski definition) is 1. The van der Waals surface area contributed by atoms with Gasteiger partial charge in [-0.2, -0.15) is 0 Å². The van der Waals surface area contributed by atoms with Crippen LogP contribution in [0.25, 0.3) is 0 Å². The van der Waals surface area contributed by atoms with Crippen LogP contribution < -0.4 is 0 Å². The van der Waals surface area contributed by atoms with E-state index in [1.165, 1.54) is 0 Å². The largest absolute Gasteiger partial charge is 0.384 e. The smallest absolute Gasteiger partial charge is 0.126 e. The van der Waals surface area contributed by atoms with Gasteiger partial charge in [-0.05, 0) is 35.4 Å². The van der Waals surface area contributed by atoms with Crippen LogP contribution in [0.3, 0.4) is 0 Å². The quantitative estimate of drug-likeness (QED) is 0.866. The van der Waals surface area contributed by atoms with E-state index < -0.39 is 17.7 Å². The first-order valence-corrected chi connectivity index (χ1v) is 5.33. The molecule has 0 spiro atoms. The Hall–Kier alpha value is -1.45. The lowest BCUT2D eigenvalue weighted by molar-refractivity contribution is 0.219. The second-order valence-corrected chi connectivity index (χ2v) is 4.10. The average Bonchev–Trinajstić information content (AvgIpc) is 2.26. The van der Waals surface area contributed by atoms with Crippen LogP contribution in [0.5, 0.6) is 0 Å². The predicted octanol–water partition coefficient (Wildman–Crippen LogP) is 3.70. The van der Waals surface area contributed by atoms with E-state index in [-0.39, 0.29) is 5.56 Å². The van der Waals surface area contributed by atoms with Gasteiger partial charge >= 0.3 is 0 Å². The van der Waals surface area contributed by atoms with Gasteiger partial charge in [-0.25, -0.2) is 8.78 Å². The van der Waals surface area contributed by atoms with Crippen molar-refractivity contribution >= 4 is 11.6 Å². The van der Waals surface area contributed by atoms with Crippen LogP contribution >= 0.6 is 11.6 Å². The number of aliphatic hydroxyl groups excluding tert-OH is 1. The topological polar surface area (TPSA) is 20.2 Å². The maximum absolute atomic E-state index is 13.0. The summed E-state index contributed by atoms with van der Waals surface area (Å²) in [5.74, 6) is -1.44. The highest BCUT2D eigenvalue weighted by Crippen LogP contribution is 2.25. The Labute approximate surface area is 102 Å². The van der Waals surface area contributed by atoms with Gasteiger partial charge in [-0.3, -0.25) is 0 Å². The van der Waals surface area contributed by atoms with Gasteiger partial charge in [0.05, 0.1) is 0 Å². The van der Waals surface area contributed by atoms with Crippen LogP contribution in [0.15, 0.2) is 42.5 Å². The summed E-state index contributed by atoms with van der Waals surface area (Å²) in [5.41, 5.74) is 0.646. The first kappa shape index (κ1) is 12.0. The molecule has 0 radical (unpaired) electrons. The molecule has 88 valence electrons. The number of hydrogen-bond donors (Lipinski definition) is 1. The van der Waals surface area contributed by atoms with Crippen LogP contribution in [0.1, 0.15) is 17.2 Å². The molecule has 1 nitrogen and oxygen atoms in total. The zero-order valence-corrected chi connectivity index (χ0v) is 9.46. The molecule has 2 aromatic carbocycles. The van der Waals surface area contributed by atoms with E-state index in [2.05, 4.69) is 0 Å². The molecule has 1 atom stereocenters. The van der Waals surface area contributed by atoms with Gasteiger partial charge < -0.3 is 5.11 Å². The van der Waals surface area contributed by atoms with Crippen molar-refractivity contribution < 1.29 is 13.9 Å². The summed E-state index contributed by atoms with van der Waals surface area (Å²) < 4.78 is 26.0. The monoisotopic (exact) mass is 254 g/mol. The summed E-state index contributed by atoms with van der Waals surface area (Å²) in [7, 11) is 0. The van der Waals surface area contributed by atoms with Gasteiger partial charge in [0.2, 0.25) is 0 Å². The van der Waals surface area contributed by atoms with E-state index in [1.54, 1.807) is 24.3 Å². The van der Waals surface area contributed by atoms with Crippen molar-refractivity contribution in [3.63, 3.8) is 0 Å². The Morgan fingerprint density at radius 3 is 2.18 bits per heavy atom. The Kier molecular flexibility index (Phi) is 3.41. The van der Waals surface area contributed by atoms with E-state index in [4.69, 9.17) is 11.6 Å². The van der Waals surface area contributed by atoms with Crippen LogP contribution in [-0.4, -0.2) is 5.11 Å². The SMILES string of the molecule is O[C@H](c1cc(F)cc(F)c1)c1cccc(Cl)c1. The third-order valence-corrected chi connectivity index (χ3v) is 2.60. The van der Waals surface area contributed by atoms with Gasteiger partial charge in [0.25, 0.3) is 0 Å². The molecule has 0 amide bonds. The number of rotatable bonds is 2. The minimum Gasteiger partial charge on any atom is -0.384 e. The third-order valence-electron chi connectivity index (χ3n) is 2.37. The first-order chi connectivity index (χ1) is 8.06. The molecule has 2 rings (SSSR count). The van der Waals surface area contributed by atoms with Gasteiger partial charge in [-0.15, -0.1) is 0 Å². The zero-order chi connectivity index (χ0) is 12.4. The maximum Gasteiger partial charge on any atom is 0.126 e. The minimum atomic E-state index is -1.10. The highest BCUT2D eigenvalue weighted by Gasteiger charge is 2.13. The Balaban J connectivity index is 2.39. The van der Waals surface area contributed by atoms with E-state index in [9.17, 15) is 13.9 Å². The molecule has 0 heterocycles. The van der Waals surface area contributed by atoms with Crippen LogP contribution in [-0.2, 0) is 0 Å². The van der Waals surface area contributed by atoms with Crippen LogP contribution in [0.2, 0.25) is 5.02 Å². The van der Waals surface area contributed by atoms with Crippen LogP contribution in [0, 0.1) is 11.6 Å². The summed E-state index contributed by atoms with van der Waals surface area (Å²) in [6.07, 6.45) is -1.10. The van der Waals surface area contributed by atoms with Crippen molar-refractivity contribution in [3.8, 4) is 0 Å². The summed E-state index contributed by atoms with van der Waals surface area (Å²) in [6.45, 7) is 0. The second kappa shape index (κ2) is 4.82. The molecule has 0 saturated carbocycles. The fraction of sp³-hybridized carbons (Fsp3) is 0.0769. The standard InChI is InChI=1S/C13H9ClF2O/c14-10-3-1-2-8(4-10)13(17)9-5-11(15)7-12(16)6-9/h1-7,13,17H/t13-/m0/s1. The van der Waals surface area contributed by atoms with Crippen molar-refractivity contribution in [1.82, 2.24) is 0 Å². The van der Waals surface area contributed by atoms with Crippen molar-refractivity contribution in [2.75, 3.05) is 0 Å². The van der Waals surface area contributed by atoms with Crippen molar-refractivity contribution in [1.29, 1.82) is 0 Å². The summed E-state index contributed by atoms with van der Waals surface area (Å²) >= 11 is 5.78. The fourth-order valence-electron chi connectivity index (χ4n) is 1.60. The zero-order valence-electron chi connectivity index (χ0n) is 8.70. The van der Waals surface area contributed by atoms with E-state index in [1.807, 2.05) is 0 Å². The molecule has 2 aromatic rings. The molecule has 0 aliphatic carbocycles. The molecular formula is C13H9ClF2O. The molecule has 0 aliphatic heterocycles. The molecule has 0 saturated heterocycles. The molecule has 17 heavy (non-hydrogen) atoms. The summed E-state index contributed by atoms with van der Waals surface area (Å²) in [6, 6.07) is 9.45. The van der Waals surface area contributed by atoms with Crippen molar-refractivity contribution in [2.24, 2.45) is 0 Å². The lowest BCUT2D eigenvalue weighted by Crippen LogP contribution is -2.01. The molecule has 0 fully saturated rings. The third kappa shape index (κ3) is 2.81. The molecule has 0 bridgehead atoms. The Morgan fingerprint density at radius 1 is 0.941 bits per heavy atom. The predicted molar refractivity (Wildman–Crippen MR) is 61.9 cm³/mol. The molecule has 1 N–H and O–H groups in total. The van der Waals surface area contributed by atoms with Gasteiger partial charge in [0.15, 0.2) is 0 Å². The van der Waals surface area contributed by atoms with Gasteiger partial charge in [-0.1, -0.05) is 23.7 Å². The lowest BCUT2D eigenvalue weighted by atomic mass is 10.0.